The average Bonchev–Trinajstić information content (AvgIpc) is 3.27. The third kappa shape index (κ3) is 3.26. The number of hydrogen-bond donors (Lipinski definition) is 0. The molecule has 0 radical (unpaired) electrons. The van der Waals surface area contributed by atoms with Crippen LogP contribution in [0.15, 0.2) is 65.1 Å². The van der Waals surface area contributed by atoms with Gasteiger partial charge in [-0.25, -0.2) is 0 Å². The normalized spacial score (nSPS) is 12.8. The zero-order valence-electron chi connectivity index (χ0n) is 12.7. The first-order valence-electron chi connectivity index (χ1n) is 7.39. The molecule has 0 unspecified atom stereocenters. The number of nitrogens with zero attached hydrogens (tertiary/aromatic N) is 4. The van der Waals surface area contributed by atoms with E-state index in [-0.39, 0.29) is 6.79 Å². The number of hydrogen-bond acceptors (Lipinski definition) is 6. The molecule has 4 rings (SSSR count). The Morgan fingerprint density at radius 1 is 1.12 bits per heavy atom. The van der Waals surface area contributed by atoms with Crippen LogP contribution in [0, 0.1) is 0 Å². The van der Waals surface area contributed by atoms with Gasteiger partial charge in [0.15, 0.2) is 11.5 Å². The van der Waals surface area contributed by atoms with Gasteiger partial charge in [0.25, 0.3) is 0 Å². The Kier molecular flexibility index (Phi) is 4.16. The van der Waals surface area contributed by atoms with Crippen LogP contribution in [0.5, 0.6) is 11.5 Å². The Hall–Kier alpha value is -2.80. The summed E-state index contributed by atoms with van der Waals surface area (Å²) in [5.41, 5.74) is 2.16. The molecular formula is C17H14N4O2S. The van der Waals surface area contributed by atoms with Crippen LogP contribution >= 0.6 is 11.8 Å². The number of ether oxygens (including phenoxy) is 2. The molecule has 6 nitrogen and oxygen atoms in total. The zero-order chi connectivity index (χ0) is 16.2. The molecule has 0 atom stereocenters. The first kappa shape index (κ1) is 14.8. The van der Waals surface area contributed by atoms with Gasteiger partial charge in [-0.1, -0.05) is 42.1 Å². The predicted molar refractivity (Wildman–Crippen MR) is 91.6 cm³/mol. The first-order chi connectivity index (χ1) is 11.9. The lowest BCUT2D eigenvalue weighted by Crippen LogP contribution is -1.93. The Morgan fingerprint density at radius 2 is 2.00 bits per heavy atom. The molecule has 0 bridgehead atoms. The molecule has 1 aliphatic heterocycles. The molecule has 1 aromatic heterocycles. The van der Waals surface area contributed by atoms with Crippen LogP contribution in [-0.2, 0) is 5.75 Å². The molecule has 0 saturated heterocycles. The number of rotatable bonds is 5. The molecule has 1 aliphatic rings. The van der Waals surface area contributed by atoms with Crippen molar-refractivity contribution >= 4 is 18.0 Å². The SMILES string of the molecule is C(=N\n1cnnc1SCc1ccccc1)/c1ccc2c(c1)OCO2. The van der Waals surface area contributed by atoms with E-state index in [1.54, 1.807) is 29.0 Å². The Bertz CT molecular complexity index is 864. The highest BCUT2D eigenvalue weighted by Gasteiger charge is 2.12. The van der Waals surface area contributed by atoms with E-state index in [1.807, 2.05) is 36.4 Å². The van der Waals surface area contributed by atoms with Gasteiger partial charge >= 0.3 is 0 Å². The predicted octanol–water partition coefficient (Wildman–Crippen LogP) is 3.18. The summed E-state index contributed by atoms with van der Waals surface area (Å²) in [6.07, 6.45) is 3.34. The van der Waals surface area contributed by atoms with Crippen molar-refractivity contribution < 1.29 is 9.47 Å². The fourth-order valence-electron chi connectivity index (χ4n) is 2.24. The lowest BCUT2D eigenvalue weighted by molar-refractivity contribution is 0.174. The summed E-state index contributed by atoms with van der Waals surface area (Å²) in [6, 6.07) is 15.9. The summed E-state index contributed by atoms with van der Waals surface area (Å²) in [5, 5.41) is 13.2. The molecule has 2 heterocycles. The maximum Gasteiger partial charge on any atom is 0.231 e. The quantitative estimate of drug-likeness (QED) is 0.528. The van der Waals surface area contributed by atoms with E-state index in [1.165, 1.54) is 5.56 Å². The minimum Gasteiger partial charge on any atom is -0.454 e. The van der Waals surface area contributed by atoms with E-state index in [0.29, 0.717) is 0 Å². The highest BCUT2D eigenvalue weighted by Crippen LogP contribution is 2.32. The van der Waals surface area contributed by atoms with Crippen LogP contribution in [0.2, 0.25) is 0 Å². The highest BCUT2D eigenvalue weighted by atomic mass is 32.2. The van der Waals surface area contributed by atoms with Crippen LogP contribution < -0.4 is 9.47 Å². The smallest absolute Gasteiger partial charge is 0.231 e. The lowest BCUT2D eigenvalue weighted by Gasteiger charge is -2.01. The summed E-state index contributed by atoms with van der Waals surface area (Å²) in [7, 11) is 0. The summed E-state index contributed by atoms with van der Waals surface area (Å²) >= 11 is 1.59. The number of benzene rings is 2. The van der Waals surface area contributed by atoms with Crippen LogP contribution in [0.3, 0.4) is 0 Å². The van der Waals surface area contributed by atoms with Crippen LogP contribution in [-0.4, -0.2) is 27.9 Å². The van der Waals surface area contributed by atoms with Crippen molar-refractivity contribution in [1.82, 2.24) is 14.9 Å². The van der Waals surface area contributed by atoms with Gasteiger partial charge in [0.1, 0.15) is 6.33 Å². The van der Waals surface area contributed by atoms with Crippen molar-refractivity contribution in [1.29, 1.82) is 0 Å². The molecule has 0 aliphatic carbocycles. The van der Waals surface area contributed by atoms with Crippen molar-refractivity contribution in [3.05, 3.63) is 66.0 Å². The fourth-order valence-corrected chi connectivity index (χ4v) is 3.06. The summed E-state index contributed by atoms with van der Waals surface area (Å²) in [6.45, 7) is 0.266. The van der Waals surface area contributed by atoms with Crippen molar-refractivity contribution in [3.63, 3.8) is 0 Å². The molecule has 0 saturated carbocycles. The van der Waals surface area contributed by atoms with Crippen LogP contribution in [0.25, 0.3) is 0 Å². The molecule has 120 valence electrons. The fraction of sp³-hybridized carbons (Fsp3) is 0.118. The molecule has 0 spiro atoms. The number of fused-ring (bicyclic) bond motifs is 1. The van der Waals surface area contributed by atoms with Gasteiger partial charge in [-0.15, -0.1) is 10.2 Å². The topological polar surface area (TPSA) is 61.5 Å². The van der Waals surface area contributed by atoms with Crippen LogP contribution in [0.4, 0.5) is 0 Å². The van der Waals surface area contributed by atoms with Gasteiger partial charge in [-0.3, -0.25) is 0 Å². The second-order valence-corrected chi connectivity index (χ2v) is 6.03. The van der Waals surface area contributed by atoms with Gasteiger partial charge in [0.2, 0.25) is 11.9 Å². The average molecular weight is 338 g/mol. The summed E-state index contributed by atoms with van der Waals surface area (Å²) in [4.78, 5) is 0. The largest absolute Gasteiger partial charge is 0.454 e. The Balaban J connectivity index is 1.46. The van der Waals surface area contributed by atoms with E-state index in [4.69, 9.17) is 9.47 Å². The minimum atomic E-state index is 0.266. The summed E-state index contributed by atoms with van der Waals surface area (Å²) < 4.78 is 12.3. The van der Waals surface area contributed by atoms with E-state index < -0.39 is 0 Å². The lowest BCUT2D eigenvalue weighted by atomic mass is 10.2. The van der Waals surface area contributed by atoms with E-state index in [0.717, 1.165) is 28.0 Å². The summed E-state index contributed by atoms with van der Waals surface area (Å²) in [5.74, 6) is 2.32. The Labute approximate surface area is 143 Å². The second kappa shape index (κ2) is 6.76. The number of aromatic nitrogens is 3. The molecule has 0 fully saturated rings. The van der Waals surface area contributed by atoms with Gasteiger partial charge in [-0.05, 0) is 29.3 Å². The monoisotopic (exact) mass is 338 g/mol. The molecule has 0 N–H and O–H groups in total. The van der Waals surface area contributed by atoms with Gasteiger partial charge < -0.3 is 9.47 Å². The first-order valence-corrected chi connectivity index (χ1v) is 8.38. The van der Waals surface area contributed by atoms with E-state index in [2.05, 4.69) is 27.4 Å². The molecule has 7 heteroatoms. The maximum atomic E-state index is 5.37. The Morgan fingerprint density at radius 3 is 2.92 bits per heavy atom. The molecule has 3 aromatic rings. The van der Waals surface area contributed by atoms with Crippen molar-refractivity contribution in [2.45, 2.75) is 10.9 Å². The van der Waals surface area contributed by atoms with E-state index in [9.17, 15) is 0 Å². The third-order valence-electron chi connectivity index (χ3n) is 3.44. The van der Waals surface area contributed by atoms with Crippen molar-refractivity contribution in [2.75, 3.05) is 6.79 Å². The maximum absolute atomic E-state index is 5.37. The van der Waals surface area contributed by atoms with Gasteiger partial charge in [-0.2, -0.15) is 9.78 Å². The highest BCUT2D eigenvalue weighted by molar-refractivity contribution is 7.98. The molecular weight excluding hydrogens is 324 g/mol. The molecule has 0 amide bonds. The zero-order valence-corrected chi connectivity index (χ0v) is 13.5. The molecule has 24 heavy (non-hydrogen) atoms. The standard InChI is InChI=1S/C17H14N4O2S/c1-2-4-13(5-3-1)10-24-17-20-18-11-21(17)19-9-14-6-7-15-16(8-14)23-12-22-15/h1-9,11H,10,12H2/b19-9+. The third-order valence-corrected chi connectivity index (χ3v) is 4.44. The van der Waals surface area contributed by atoms with Gasteiger partial charge in [0.05, 0.1) is 6.21 Å². The number of thioether (sulfide) groups is 1. The van der Waals surface area contributed by atoms with Crippen molar-refractivity contribution in [2.24, 2.45) is 5.10 Å². The second-order valence-electron chi connectivity index (χ2n) is 5.09. The van der Waals surface area contributed by atoms with Crippen molar-refractivity contribution in [3.8, 4) is 11.5 Å². The minimum absolute atomic E-state index is 0.266. The van der Waals surface area contributed by atoms with Crippen LogP contribution in [0.1, 0.15) is 11.1 Å². The van der Waals surface area contributed by atoms with E-state index >= 15 is 0 Å². The molecule has 2 aromatic carbocycles. The van der Waals surface area contributed by atoms with Gasteiger partial charge in [0, 0.05) is 5.75 Å².